The zero-order chi connectivity index (χ0) is 30.3. The lowest BCUT2D eigenvalue weighted by atomic mass is 10.1. The zero-order valence-electron chi connectivity index (χ0n) is 24.5. The van der Waals surface area contributed by atoms with Crippen molar-refractivity contribution >= 4 is 27.4 Å². The largest absolute Gasteiger partial charge is 0.495 e. The van der Waals surface area contributed by atoms with Gasteiger partial charge >= 0.3 is 5.97 Å². The van der Waals surface area contributed by atoms with Crippen LogP contribution in [0.15, 0.2) is 71.6 Å². The lowest BCUT2D eigenvalue weighted by molar-refractivity contribution is -0.150. The number of benzene rings is 3. The number of anilines is 1. The number of sulfone groups is 1. The lowest BCUT2D eigenvalue weighted by Gasteiger charge is -2.36. The summed E-state index contributed by atoms with van der Waals surface area (Å²) in [5.74, 6) is 0.558. The molecule has 1 fully saturated rings. The van der Waals surface area contributed by atoms with E-state index in [0.717, 1.165) is 22.6 Å². The summed E-state index contributed by atoms with van der Waals surface area (Å²) in [4.78, 5) is 29.4. The summed E-state index contributed by atoms with van der Waals surface area (Å²) in [5.41, 5.74) is 2.94. The number of hydrogen-bond acceptors (Lipinski definition) is 8. The molecule has 9 nitrogen and oxygen atoms in total. The number of rotatable bonds is 11. The van der Waals surface area contributed by atoms with E-state index in [1.165, 1.54) is 6.07 Å². The molecule has 1 heterocycles. The molecule has 0 spiro atoms. The maximum Gasteiger partial charge on any atom is 0.347 e. The SMILES string of the molecule is CCOC(=O)C(C)Oc1ccc(CCS(=O)(=O)c2ccc(C)c(C(=O)N3CCN(c4ccccc4OC)CC3)c2)cc1. The molecule has 224 valence electrons. The zero-order valence-corrected chi connectivity index (χ0v) is 25.4. The van der Waals surface area contributed by atoms with E-state index in [1.807, 2.05) is 31.2 Å². The second-order valence-corrected chi connectivity index (χ2v) is 12.3. The van der Waals surface area contributed by atoms with Crippen molar-refractivity contribution in [1.82, 2.24) is 4.90 Å². The number of para-hydroxylation sites is 2. The van der Waals surface area contributed by atoms with Gasteiger partial charge in [-0.3, -0.25) is 4.79 Å². The van der Waals surface area contributed by atoms with Gasteiger partial charge in [-0.15, -0.1) is 0 Å². The molecule has 0 radical (unpaired) electrons. The van der Waals surface area contributed by atoms with Gasteiger partial charge in [-0.05, 0) is 74.7 Å². The van der Waals surface area contributed by atoms with Crippen molar-refractivity contribution < 1.29 is 32.2 Å². The van der Waals surface area contributed by atoms with Crippen molar-refractivity contribution in [2.24, 2.45) is 0 Å². The van der Waals surface area contributed by atoms with Gasteiger partial charge in [0.1, 0.15) is 11.5 Å². The molecule has 3 aromatic carbocycles. The van der Waals surface area contributed by atoms with Crippen LogP contribution >= 0.6 is 0 Å². The van der Waals surface area contributed by atoms with Gasteiger partial charge in [0.2, 0.25) is 0 Å². The maximum absolute atomic E-state index is 13.5. The van der Waals surface area contributed by atoms with Gasteiger partial charge in [0.15, 0.2) is 15.9 Å². The molecule has 0 saturated carbocycles. The molecule has 1 atom stereocenters. The fourth-order valence-electron chi connectivity index (χ4n) is 4.85. The number of piperazine rings is 1. The molecule has 1 aliphatic heterocycles. The van der Waals surface area contributed by atoms with Crippen LogP contribution in [-0.2, 0) is 25.8 Å². The first-order chi connectivity index (χ1) is 20.1. The minimum absolute atomic E-state index is 0.110. The van der Waals surface area contributed by atoms with E-state index in [-0.39, 0.29) is 29.6 Å². The Morgan fingerprint density at radius 2 is 1.64 bits per heavy atom. The maximum atomic E-state index is 13.5. The van der Waals surface area contributed by atoms with Crippen LogP contribution in [0.3, 0.4) is 0 Å². The molecule has 1 unspecified atom stereocenters. The smallest absolute Gasteiger partial charge is 0.347 e. The number of amides is 1. The second kappa shape index (κ2) is 13.7. The predicted octanol–water partition coefficient (Wildman–Crippen LogP) is 4.31. The third kappa shape index (κ3) is 7.42. The fourth-order valence-corrected chi connectivity index (χ4v) is 6.17. The van der Waals surface area contributed by atoms with Crippen LogP contribution in [-0.4, -0.2) is 76.9 Å². The van der Waals surface area contributed by atoms with Gasteiger partial charge in [-0.1, -0.05) is 30.3 Å². The Kier molecular flexibility index (Phi) is 10.1. The number of aryl methyl sites for hydroxylation is 2. The summed E-state index contributed by atoms with van der Waals surface area (Å²) in [6.45, 7) is 7.77. The third-order valence-electron chi connectivity index (χ3n) is 7.31. The number of carbonyl (C=O) groups excluding carboxylic acids is 2. The van der Waals surface area contributed by atoms with Crippen LogP contribution in [0.25, 0.3) is 0 Å². The number of methoxy groups -OCH3 is 1. The molecule has 1 saturated heterocycles. The normalized spacial score (nSPS) is 14.3. The molecule has 10 heteroatoms. The average molecular weight is 595 g/mol. The van der Waals surface area contributed by atoms with Crippen molar-refractivity contribution in [3.8, 4) is 11.5 Å². The minimum atomic E-state index is -3.65. The monoisotopic (exact) mass is 594 g/mol. The van der Waals surface area contributed by atoms with Gasteiger partial charge in [0.05, 0.1) is 30.1 Å². The van der Waals surface area contributed by atoms with Crippen LogP contribution in [0.1, 0.15) is 35.3 Å². The number of hydrogen-bond donors (Lipinski definition) is 0. The highest BCUT2D eigenvalue weighted by Gasteiger charge is 2.26. The molecule has 42 heavy (non-hydrogen) atoms. The molecule has 4 rings (SSSR count). The second-order valence-electron chi connectivity index (χ2n) is 10.2. The number of nitrogens with zero attached hydrogens (tertiary/aromatic N) is 2. The van der Waals surface area contributed by atoms with Gasteiger partial charge in [-0.2, -0.15) is 0 Å². The van der Waals surface area contributed by atoms with Gasteiger partial charge < -0.3 is 24.0 Å². The molecule has 1 aliphatic rings. The summed E-state index contributed by atoms with van der Waals surface area (Å²) in [5, 5.41) is 0. The average Bonchev–Trinajstić information content (AvgIpc) is 3.00. The van der Waals surface area contributed by atoms with E-state index < -0.39 is 21.9 Å². The number of esters is 1. The van der Waals surface area contributed by atoms with Crippen LogP contribution in [0.2, 0.25) is 0 Å². The number of carbonyl (C=O) groups is 2. The van der Waals surface area contributed by atoms with Crippen LogP contribution in [0, 0.1) is 6.92 Å². The standard InChI is InChI=1S/C32H38N2O7S/c1-5-40-32(36)24(3)41-26-13-11-25(12-14-26)16-21-42(37,38)27-15-10-23(2)28(22-27)31(35)34-19-17-33(18-20-34)29-8-6-7-9-30(29)39-4/h6-15,22,24H,5,16-21H2,1-4H3. The van der Waals surface area contributed by atoms with E-state index in [0.29, 0.717) is 37.5 Å². The Morgan fingerprint density at radius 3 is 2.31 bits per heavy atom. The van der Waals surface area contributed by atoms with Gasteiger partial charge in [0, 0.05) is 31.7 Å². The van der Waals surface area contributed by atoms with E-state index >= 15 is 0 Å². The van der Waals surface area contributed by atoms with E-state index in [1.54, 1.807) is 62.3 Å². The lowest BCUT2D eigenvalue weighted by Crippen LogP contribution is -2.49. The van der Waals surface area contributed by atoms with Gasteiger partial charge in [-0.25, -0.2) is 13.2 Å². The van der Waals surface area contributed by atoms with Crippen molar-refractivity contribution in [3.63, 3.8) is 0 Å². The summed E-state index contributed by atoms with van der Waals surface area (Å²) >= 11 is 0. The first-order valence-electron chi connectivity index (χ1n) is 14.1. The Morgan fingerprint density at radius 1 is 0.952 bits per heavy atom. The molecule has 3 aromatic rings. The Bertz CT molecular complexity index is 1500. The summed E-state index contributed by atoms with van der Waals surface area (Å²) in [6.07, 6.45) is -0.455. The highest BCUT2D eigenvalue weighted by Crippen LogP contribution is 2.29. The highest BCUT2D eigenvalue weighted by molar-refractivity contribution is 7.91. The first-order valence-corrected chi connectivity index (χ1v) is 15.7. The molecular formula is C32H38N2O7S. The molecule has 0 aliphatic carbocycles. The molecular weight excluding hydrogens is 556 g/mol. The Balaban J connectivity index is 1.38. The molecule has 0 aromatic heterocycles. The van der Waals surface area contributed by atoms with Crippen molar-refractivity contribution in [2.75, 3.05) is 50.5 Å². The fraction of sp³-hybridized carbons (Fsp3) is 0.375. The van der Waals surface area contributed by atoms with Gasteiger partial charge in [0.25, 0.3) is 5.91 Å². The molecule has 0 bridgehead atoms. The molecule has 0 N–H and O–H groups in total. The van der Waals surface area contributed by atoms with Crippen LogP contribution in [0.4, 0.5) is 5.69 Å². The van der Waals surface area contributed by atoms with Crippen molar-refractivity contribution in [2.45, 2.75) is 38.2 Å². The van der Waals surface area contributed by atoms with E-state index in [9.17, 15) is 18.0 Å². The summed E-state index contributed by atoms with van der Waals surface area (Å²) < 4.78 is 42.5. The summed E-state index contributed by atoms with van der Waals surface area (Å²) in [6, 6.07) is 19.5. The minimum Gasteiger partial charge on any atom is -0.495 e. The Hall–Kier alpha value is -4.05. The number of ether oxygens (including phenoxy) is 3. The van der Waals surface area contributed by atoms with Crippen molar-refractivity contribution in [3.05, 3.63) is 83.4 Å². The third-order valence-corrected chi connectivity index (χ3v) is 9.02. The topological polar surface area (TPSA) is 102 Å². The van der Waals surface area contributed by atoms with E-state index in [4.69, 9.17) is 14.2 Å². The highest BCUT2D eigenvalue weighted by atomic mass is 32.2. The predicted molar refractivity (Wildman–Crippen MR) is 161 cm³/mol. The van der Waals surface area contributed by atoms with Crippen LogP contribution < -0.4 is 14.4 Å². The Labute approximate surface area is 247 Å². The van der Waals surface area contributed by atoms with Crippen molar-refractivity contribution in [1.29, 1.82) is 0 Å². The summed E-state index contributed by atoms with van der Waals surface area (Å²) in [7, 11) is -2.00. The van der Waals surface area contributed by atoms with E-state index in [2.05, 4.69) is 4.90 Å². The first kappa shape index (κ1) is 30.9. The molecule has 1 amide bonds. The van der Waals surface area contributed by atoms with Crippen LogP contribution in [0.5, 0.6) is 11.5 Å². The quantitative estimate of drug-likeness (QED) is 0.303.